The number of ether oxygens (including phenoxy) is 1. The lowest BCUT2D eigenvalue weighted by molar-refractivity contribution is -0.150. The largest absolute Gasteiger partial charge is 0.480 e. The number of aliphatic carboxylic acids is 1. The Hall–Kier alpha value is -2.94. The van der Waals surface area contributed by atoms with Gasteiger partial charge in [-0.15, -0.1) is 0 Å². The van der Waals surface area contributed by atoms with Crippen molar-refractivity contribution in [1.82, 2.24) is 10.2 Å². The lowest BCUT2D eigenvalue weighted by Crippen LogP contribution is -2.53. The normalized spacial score (nSPS) is 17.7. The summed E-state index contributed by atoms with van der Waals surface area (Å²) in [6, 6.07) is 4.27. The fourth-order valence-corrected chi connectivity index (χ4v) is 3.61. The molecule has 1 unspecified atom stereocenters. The first-order chi connectivity index (χ1) is 14.6. The van der Waals surface area contributed by atoms with Gasteiger partial charge in [0.1, 0.15) is 12.1 Å². The number of hydrogen-bond acceptors (Lipinski definition) is 7. The molecule has 1 saturated heterocycles. The van der Waals surface area contributed by atoms with E-state index in [-0.39, 0.29) is 18.8 Å². The molecular weight excluding hydrogens is 402 g/mol. The molecule has 2 rings (SSSR count). The molecule has 9 nitrogen and oxygen atoms in total. The molecule has 1 aromatic rings. The molecule has 1 heterocycles. The van der Waals surface area contributed by atoms with E-state index >= 15 is 0 Å². The van der Waals surface area contributed by atoms with Crippen LogP contribution in [0, 0.1) is 0 Å². The van der Waals surface area contributed by atoms with Gasteiger partial charge >= 0.3 is 11.9 Å². The Kier molecular flexibility index (Phi) is 8.56. The predicted molar refractivity (Wildman–Crippen MR) is 115 cm³/mol. The van der Waals surface area contributed by atoms with Crippen LogP contribution in [0.5, 0.6) is 0 Å². The molecule has 1 aliphatic heterocycles. The molecule has 0 aromatic heterocycles. The number of amides is 1. The first-order valence-corrected chi connectivity index (χ1v) is 10.4. The molecule has 170 valence electrons. The third kappa shape index (κ3) is 6.27. The van der Waals surface area contributed by atoms with Gasteiger partial charge < -0.3 is 19.6 Å². The van der Waals surface area contributed by atoms with Crippen molar-refractivity contribution in [1.29, 1.82) is 0 Å². The van der Waals surface area contributed by atoms with E-state index in [0.29, 0.717) is 24.9 Å². The van der Waals surface area contributed by atoms with Crippen molar-refractivity contribution in [3.8, 4) is 0 Å². The van der Waals surface area contributed by atoms with E-state index < -0.39 is 36.0 Å². The number of carboxylic acids is 1. The highest BCUT2D eigenvalue weighted by molar-refractivity contribution is 5.99. The topological polar surface area (TPSA) is 116 Å². The van der Waals surface area contributed by atoms with Crippen LogP contribution in [-0.4, -0.2) is 79.0 Å². The molecule has 3 atom stereocenters. The van der Waals surface area contributed by atoms with Crippen molar-refractivity contribution in [3.63, 3.8) is 0 Å². The second-order valence-electron chi connectivity index (χ2n) is 7.79. The summed E-state index contributed by atoms with van der Waals surface area (Å²) in [4.78, 5) is 52.6. The first-order valence-electron chi connectivity index (χ1n) is 10.4. The minimum atomic E-state index is -1.05. The summed E-state index contributed by atoms with van der Waals surface area (Å²) < 4.78 is 5.08. The molecule has 31 heavy (non-hydrogen) atoms. The smallest absolute Gasteiger partial charge is 0.326 e. The molecule has 0 saturated carbocycles. The number of nitrogens with one attached hydrogen (secondary N) is 1. The van der Waals surface area contributed by atoms with Crippen LogP contribution in [0.3, 0.4) is 0 Å². The van der Waals surface area contributed by atoms with Crippen molar-refractivity contribution in [2.45, 2.75) is 51.2 Å². The number of likely N-dealkylation sites (tertiary alicyclic amines) is 1. The predicted octanol–water partition coefficient (Wildman–Crippen LogP) is 1.31. The van der Waals surface area contributed by atoms with Crippen molar-refractivity contribution >= 4 is 29.3 Å². The van der Waals surface area contributed by atoms with Crippen molar-refractivity contribution in [2.24, 2.45) is 0 Å². The van der Waals surface area contributed by atoms with E-state index in [2.05, 4.69) is 5.32 Å². The molecule has 0 aliphatic carbocycles. The highest BCUT2D eigenvalue weighted by Crippen LogP contribution is 2.19. The lowest BCUT2D eigenvalue weighted by Gasteiger charge is -2.27. The van der Waals surface area contributed by atoms with Gasteiger partial charge in [-0.2, -0.15) is 0 Å². The number of rotatable bonds is 10. The third-order valence-electron chi connectivity index (χ3n) is 5.31. The molecule has 2 N–H and O–H groups in total. The third-order valence-corrected chi connectivity index (χ3v) is 5.31. The molecule has 0 spiro atoms. The van der Waals surface area contributed by atoms with Crippen LogP contribution in [0.2, 0.25) is 0 Å². The van der Waals surface area contributed by atoms with E-state index in [1.165, 1.54) is 4.90 Å². The number of benzene rings is 1. The van der Waals surface area contributed by atoms with Crippen LogP contribution in [0.15, 0.2) is 24.3 Å². The van der Waals surface area contributed by atoms with Gasteiger partial charge in [0.05, 0.1) is 12.6 Å². The van der Waals surface area contributed by atoms with Gasteiger partial charge in [0, 0.05) is 38.3 Å². The number of ketones is 1. The lowest BCUT2D eigenvalue weighted by atomic mass is 10.0. The summed E-state index contributed by atoms with van der Waals surface area (Å²) in [5.74, 6) is -2.35. The summed E-state index contributed by atoms with van der Waals surface area (Å²) in [5, 5.41) is 12.2. The van der Waals surface area contributed by atoms with Crippen LogP contribution in [0.25, 0.3) is 0 Å². The van der Waals surface area contributed by atoms with Crippen LogP contribution in [0.4, 0.5) is 5.69 Å². The quantitative estimate of drug-likeness (QED) is 0.419. The monoisotopic (exact) mass is 433 g/mol. The van der Waals surface area contributed by atoms with Crippen molar-refractivity contribution < 1.29 is 29.0 Å². The first kappa shape index (κ1) is 24.3. The molecule has 1 aromatic carbocycles. The number of esters is 1. The SMILES string of the molecule is CCOC(=O)C(CC(=O)c1ccc(N(C)C)cc1)N[C@@H](C)C(=O)N1CCC[C@H]1C(=O)O. The van der Waals surface area contributed by atoms with Gasteiger partial charge in [0.2, 0.25) is 5.91 Å². The fraction of sp³-hybridized carbons (Fsp3) is 0.545. The molecule has 1 amide bonds. The second-order valence-corrected chi connectivity index (χ2v) is 7.79. The van der Waals surface area contributed by atoms with Crippen molar-refractivity contribution in [2.75, 3.05) is 32.1 Å². The Morgan fingerprint density at radius 2 is 1.87 bits per heavy atom. The highest BCUT2D eigenvalue weighted by Gasteiger charge is 2.37. The minimum Gasteiger partial charge on any atom is -0.480 e. The molecule has 0 radical (unpaired) electrons. The Labute approximate surface area is 182 Å². The second kappa shape index (κ2) is 10.9. The van der Waals surface area contributed by atoms with Gasteiger partial charge in [0.25, 0.3) is 0 Å². The Balaban J connectivity index is 2.10. The Bertz CT molecular complexity index is 808. The van der Waals surface area contributed by atoms with Gasteiger partial charge in [-0.05, 0) is 51.0 Å². The molecular formula is C22H31N3O6. The number of hydrogen-bond donors (Lipinski definition) is 2. The number of Topliss-reactive ketones (excluding diaryl/α,β-unsaturated/α-hetero) is 1. The highest BCUT2D eigenvalue weighted by atomic mass is 16.5. The molecule has 1 fully saturated rings. The minimum absolute atomic E-state index is 0.137. The van der Waals surface area contributed by atoms with E-state index in [0.717, 1.165) is 5.69 Å². The van der Waals surface area contributed by atoms with E-state index in [4.69, 9.17) is 4.74 Å². The summed E-state index contributed by atoms with van der Waals surface area (Å²) in [5.41, 5.74) is 1.39. The maximum Gasteiger partial charge on any atom is 0.326 e. The Morgan fingerprint density at radius 3 is 2.42 bits per heavy atom. The molecule has 9 heteroatoms. The van der Waals surface area contributed by atoms with Crippen LogP contribution >= 0.6 is 0 Å². The number of carbonyl (C=O) groups excluding carboxylic acids is 3. The van der Waals surface area contributed by atoms with Gasteiger partial charge in [-0.25, -0.2) is 4.79 Å². The van der Waals surface area contributed by atoms with E-state index in [1.807, 2.05) is 31.1 Å². The molecule has 1 aliphatic rings. The van der Waals surface area contributed by atoms with Crippen LogP contribution in [-0.2, 0) is 19.1 Å². The van der Waals surface area contributed by atoms with Crippen LogP contribution in [0.1, 0.15) is 43.5 Å². The summed E-state index contributed by atoms with van der Waals surface area (Å²) in [7, 11) is 3.79. The maximum absolute atomic E-state index is 12.8. The van der Waals surface area contributed by atoms with E-state index in [1.54, 1.807) is 26.0 Å². The maximum atomic E-state index is 12.8. The number of anilines is 1. The van der Waals surface area contributed by atoms with Gasteiger partial charge in [0.15, 0.2) is 5.78 Å². The molecule has 0 bridgehead atoms. The van der Waals surface area contributed by atoms with Crippen molar-refractivity contribution in [3.05, 3.63) is 29.8 Å². The standard InChI is InChI=1S/C22H31N3O6/c1-5-31-22(30)17(13-19(26)15-8-10-16(11-9-15)24(3)4)23-14(2)20(27)25-12-6-7-18(25)21(28)29/h8-11,14,17-18,23H,5-7,12-13H2,1-4H3,(H,28,29)/t14-,17?,18-/m0/s1. The number of nitrogens with zero attached hydrogens (tertiary/aromatic N) is 2. The zero-order chi connectivity index (χ0) is 23.1. The zero-order valence-corrected chi connectivity index (χ0v) is 18.5. The Morgan fingerprint density at radius 1 is 1.23 bits per heavy atom. The average molecular weight is 434 g/mol. The fourth-order valence-electron chi connectivity index (χ4n) is 3.61. The van der Waals surface area contributed by atoms with E-state index in [9.17, 15) is 24.3 Å². The summed E-state index contributed by atoms with van der Waals surface area (Å²) in [6.45, 7) is 3.70. The average Bonchev–Trinajstić information content (AvgIpc) is 3.23. The summed E-state index contributed by atoms with van der Waals surface area (Å²) in [6.07, 6.45) is 0.828. The van der Waals surface area contributed by atoms with Gasteiger partial charge in [-0.3, -0.25) is 19.7 Å². The summed E-state index contributed by atoms with van der Waals surface area (Å²) >= 11 is 0. The number of carboxylic acid groups (broad SMARTS) is 1. The van der Waals surface area contributed by atoms with Gasteiger partial charge in [-0.1, -0.05) is 0 Å². The van der Waals surface area contributed by atoms with Crippen LogP contribution < -0.4 is 10.2 Å². The number of carbonyl (C=O) groups is 4. The zero-order valence-electron chi connectivity index (χ0n) is 18.5.